The van der Waals surface area contributed by atoms with Crippen molar-refractivity contribution >= 4 is 19.0 Å². The van der Waals surface area contributed by atoms with Gasteiger partial charge in [0.25, 0.3) is 0 Å². The molecule has 0 saturated heterocycles. The maximum absolute atomic E-state index is 13.6. The van der Waals surface area contributed by atoms with Gasteiger partial charge >= 0.3 is 7.60 Å². The van der Waals surface area contributed by atoms with Crippen molar-refractivity contribution in [3.05, 3.63) is 47.5 Å². The van der Waals surface area contributed by atoms with Gasteiger partial charge in [0.2, 0.25) is 0 Å². The summed E-state index contributed by atoms with van der Waals surface area (Å²) in [6.45, 7) is 19.1. The van der Waals surface area contributed by atoms with Crippen molar-refractivity contribution in [3.63, 3.8) is 0 Å². The van der Waals surface area contributed by atoms with E-state index in [-0.39, 0.29) is 30.3 Å². The quantitative estimate of drug-likeness (QED) is 0.343. The maximum atomic E-state index is 13.6. The van der Waals surface area contributed by atoms with Gasteiger partial charge in [-0.25, -0.2) is 0 Å². The minimum atomic E-state index is -3.44. The predicted octanol–water partition coefficient (Wildman–Crippen LogP) is 7.75. The molecule has 0 fully saturated rings. The number of anilines is 2. The molecule has 0 aliphatic rings. The highest BCUT2D eigenvalue weighted by molar-refractivity contribution is 7.54. The first-order valence-electron chi connectivity index (χ1n) is 12.0. The molecule has 7 heteroatoms. The normalized spacial score (nSPS) is 12.6. The van der Waals surface area contributed by atoms with Crippen molar-refractivity contribution in [2.75, 3.05) is 31.0 Å². The van der Waals surface area contributed by atoms with Crippen LogP contribution in [-0.4, -0.2) is 31.2 Å². The van der Waals surface area contributed by atoms with Crippen LogP contribution in [0.25, 0.3) is 0 Å². The summed E-state index contributed by atoms with van der Waals surface area (Å²) >= 11 is 0. The van der Waals surface area contributed by atoms with Gasteiger partial charge in [-0.05, 0) is 55.9 Å². The minimum Gasteiger partial charge on any atom is -0.507 e. The molecule has 0 spiro atoms. The van der Waals surface area contributed by atoms with Gasteiger partial charge in [0, 0.05) is 28.6 Å². The maximum Gasteiger partial charge on any atom is 0.350 e. The molecule has 6 nitrogen and oxygen atoms in total. The van der Waals surface area contributed by atoms with Gasteiger partial charge < -0.3 is 23.8 Å². The van der Waals surface area contributed by atoms with E-state index in [4.69, 9.17) is 13.8 Å². The first-order valence-corrected chi connectivity index (χ1v) is 13.7. The molecule has 2 aromatic rings. The molecular weight excluding hydrogens is 449 g/mol. The molecule has 0 unspecified atom stereocenters. The Morgan fingerprint density at radius 2 is 1.35 bits per heavy atom. The fourth-order valence-electron chi connectivity index (χ4n) is 3.82. The number of ether oxygens (including phenoxy) is 1. The largest absolute Gasteiger partial charge is 0.507 e. The van der Waals surface area contributed by atoms with Crippen LogP contribution in [0.15, 0.2) is 36.4 Å². The highest BCUT2D eigenvalue weighted by Crippen LogP contribution is 2.52. The van der Waals surface area contributed by atoms with E-state index in [2.05, 4.69) is 41.5 Å². The van der Waals surface area contributed by atoms with Crippen LogP contribution < -0.4 is 9.64 Å². The summed E-state index contributed by atoms with van der Waals surface area (Å²) in [6.07, 6.45) is 0.0300. The fourth-order valence-corrected chi connectivity index (χ4v) is 5.52. The summed E-state index contributed by atoms with van der Waals surface area (Å²) in [4.78, 5) is 1.94. The van der Waals surface area contributed by atoms with E-state index in [0.29, 0.717) is 12.4 Å². The lowest BCUT2D eigenvalue weighted by molar-refractivity contribution is 0.220. The lowest BCUT2D eigenvalue weighted by Crippen LogP contribution is -2.24. The molecule has 190 valence electrons. The van der Waals surface area contributed by atoms with Crippen LogP contribution in [-0.2, 0) is 24.4 Å². The summed E-state index contributed by atoms with van der Waals surface area (Å²) in [5, 5.41) is 11.2. The van der Waals surface area contributed by atoms with Crippen LogP contribution in [0.4, 0.5) is 11.4 Å². The van der Waals surface area contributed by atoms with E-state index in [1.165, 1.54) is 0 Å². The number of nitrogens with zero attached hydrogens (tertiary/aromatic N) is 1. The molecular formula is C27H42NO5P. The molecule has 1 N–H and O–H groups in total. The van der Waals surface area contributed by atoms with Crippen LogP contribution >= 0.6 is 7.60 Å². The molecule has 0 aromatic heterocycles. The molecule has 0 aliphatic carbocycles. The number of benzene rings is 2. The van der Waals surface area contributed by atoms with Crippen molar-refractivity contribution in [3.8, 4) is 11.5 Å². The van der Waals surface area contributed by atoms with Crippen LogP contribution in [0.2, 0.25) is 0 Å². The van der Waals surface area contributed by atoms with Gasteiger partial charge in [-0.2, -0.15) is 0 Å². The molecule has 2 aromatic carbocycles. The van der Waals surface area contributed by atoms with E-state index in [1.54, 1.807) is 0 Å². The average Bonchev–Trinajstić information content (AvgIpc) is 2.71. The van der Waals surface area contributed by atoms with Crippen LogP contribution in [0.5, 0.6) is 11.5 Å². The molecule has 34 heavy (non-hydrogen) atoms. The summed E-state index contributed by atoms with van der Waals surface area (Å²) < 4.78 is 30.7. The summed E-state index contributed by atoms with van der Waals surface area (Å²) in [7, 11) is -3.44. The second-order valence-corrected chi connectivity index (χ2v) is 12.4. The van der Waals surface area contributed by atoms with Crippen molar-refractivity contribution in [2.45, 2.75) is 73.1 Å². The topological polar surface area (TPSA) is 68.2 Å². The highest BCUT2D eigenvalue weighted by Gasteiger charge is 2.32. The Labute approximate surface area is 205 Å². The molecule has 0 atom stereocenters. The summed E-state index contributed by atoms with van der Waals surface area (Å²) in [5.74, 6) is 1.02. The monoisotopic (exact) mass is 491 g/mol. The zero-order chi connectivity index (χ0) is 25.7. The Kier molecular flexibility index (Phi) is 9.26. The Morgan fingerprint density at radius 3 is 1.79 bits per heavy atom. The van der Waals surface area contributed by atoms with Crippen LogP contribution in [0.1, 0.15) is 73.4 Å². The second-order valence-electron chi connectivity index (χ2n) is 10.3. The highest BCUT2D eigenvalue weighted by atomic mass is 31.2. The zero-order valence-corrected chi connectivity index (χ0v) is 23.2. The smallest absolute Gasteiger partial charge is 0.350 e. The lowest BCUT2D eigenvalue weighted by atomic mass is 9.79. The van der Waals surface area contributed by atoms with E-state index in [1.807, 2.05) is 62.1 Å². The molecule has 2 rings (SSSR count). The van der Waals surface area contributed by atoms with Crippen molar-refractivity contribution in [2.24, 2.45) is 0 Å². The number of phenols is 1. The SMILES string of the molecule is CCOc1cccc(N(CP(=O)(OCC)OCC)c2cc(C(C)(C)C)c(O)c(C(C)(C)C)c2)c1. The Morgan fingerprint density at radius 1 is 0.824 bits per heavy atom. The summed E-state index contributed by atoms with van der Waals surface area (Å²) in [6, 6.07) is 11.6. The van der Waals surface area contributed by atoms with Crippen LogP contribution in [0, 0.1) is 0 Å². The van der Waals surface area contributed by atoms with Crippen molar-refractivity contribution < 1.29 is 23.5 Å². The number of aromatic hydroxyl groups is 1. The molecule has 0 heterocycles. The van der Waals surface area contributed by atoms with Crippen molar-refractivity contribution in [1.29, 1.82) is 0 Å². The first-order chi connectivity index (χ1) is 15.8. The van der Waals surface area contributed by atoms with E-state index >= 15 is 0 Å². The van der Waals surface area contributed by atoms with Crippen molar-refractivity contribution in [1.82, 2.24) is 0 Å². The number of hydrogen-bond donors (Lipinski definition) is 1. The third kappa shape index (κ3) is 7.00. The molecule has 0 radical (unpaired) electrons. The van der Waals surface area contributed by atoms with E-state index in [0.717, 1.165) is 28.3 Å². The van der Waals surface area contributed by atoms with E-state index in [9.17, 15) is 9.67 Å². The Hall–Kier alpha value is -2.01. The number of rotatable bonds is 10. The number of phenolic OH excluding ortho intramolecular Hbond substituents is 1. The average molecular weight is 492 g/mol. The summed E-state index contributed by atoms with van der Waals surface area (Å²) in [5.41, 5.74) is 2.65. The van der Waals surface area contributed by atoms with Crippen LogP contribution in [0.3, 0.4) is 0 Å². The zero-order valence-electron chi connectivity index (χ0n) is 22.3. The van der Waals surface area contributed by atoms with Gasteiger partial charge in [-0.3, -0.25) is 4.57 Å². The molecule has 0 saturated carbocycles. The second kappa shape index (κ2) is 11.2. The molecule has 0 bridgehead atoms. The van der Waals surface area contributed by atoms with Gasteiger partial charge in [0.1, 0.15) is 17.8 Å². The third-order valence-electron chi connectivity index (χ3n) is 5.43. The molecule has 0 amide bonds. The fraction of sp³-hybridized carbons (Fsp3) is 0.556. The predicted molar refractivity (Wildman–Crippen MR) is 141 cm³/mol. The standard InChI is InChI=1S/C27H42NO5P/c1-10-31-22-15-13-14-20(16-22)28(19-34(30,32-11-2)33-12-3)21-17-23(26(4,5)6)25(29)24(18-21)27(7,8)9/h13-18,29H,10-12,19H2,1-9H3. The van der Waals surface area contributed by atoms with Gasteiger partial charge in [0.05, 0.1) is 19.8 Å². The third-order valence-corrected chi connectivity index (χ3v) is 7.36. The first kappa shape index (κ1) is 28.2. The minimum absolute atomic E-state index is 0.0300. The Balaban J connectivity index is 2.81. The number of hydrogen-bond acceptors (Lipinski definition) is 6. The molecule has 0 aliphatic heterocycles. The lowest BCUT2D eigenvalue weighted by Gasteiger charge is -2.33. The Bertz CT molecular complexity index is 962. The van der Waals surface area contributed by atoms with Gasteiger partial charge in [0.15, 0.2) is 0 Å². The van der Waals surface area contributed by atoms with Gasteiger partial charge in [-0.1, -0.05) is 47.6 Å². The van der Waals surface area contributed by atoms with E-state index < -0.39 is 7.60 Å². The van der Waals surface area contributed by atoms with Gasteiger partial charge in [-0.15, -0.1) is 0 Å².